The Balaban J connectivity index is 1.67. The summed E-state index contributed by atoms with van der Waals surface area (Å²) in [4.78, 5) is 37.9. The molecule has 1 heterocycles. The molecule has 2 aromatic rings. The molecule has 146 valence electrons. The van der Waals surface area contributed by atoms with Crippen LogP contribution in [0.4, 0.5) is 17.1 Å². The van der Waals surface area contributed by atoms with Crippen molar-refractivity contribution in [3.05, 3.63) is 48.0 Å². The Morgan fingerprint density at radius 2 is 1.93 bits per heavy atom. The Kier molecular flexibility index (Phi) is 5.63. The van der Waals surface area contributed by atoms with Gasteiger partial charge in [0.15, 0.2) is 0 Å². The zero-order valence-corrected chi connectivity index (χ0v) is 16.1. The number of methoxy groups -OCH3 is 1. The number of hydrogen-bond acceptors (Lipinski definition) is 4. The number of nitrogens with zero attached hydrogens (tertiary/aromatic N) is 1. The van der Waals surface area contributed by atoms with Gasteiger partial charge in [-0.3, -0.25) is 14.4 Å². The fourth-order valence-electron chi connectivity index (χ4n) is 3.23. The molecule has 7 nitrogen and oxygen atoms in total. The monoisotopic (exact) mass is 381 g/mol. The van der Waals surface area contributed by atoms with Gasteiger partial charge in [0.05, 0.1) is 13.0 Å². The Morgan fingerprint density at radius 3 is 2.61 bits per heavy atom. The highest BCUT2D eigenvalue weighted by Crippen LogP contribution is 2.29. The molecule has 1 aliphatic heterocycles. The zero-order valence-electron chi connectivity index (χ0n) is 16.1. The summed E-state index contributed by atoms with van der Waals surface area (Å²) in [5.74, 6) is -0.222. The maximum atomic E-state index is 12.6. The third kappa shape index (κ3) is 4.31. The zero-order chi connectivity index (χ0) is 20.3. The molecule has 2 N–H and O–H groups in total. The SMILES string of the molecule is COc1cccc(N2CC(C(=O)Nc3ccc(NC(C)=O)c(C)c3)CC2=O)c1. The van der Waals surface area contributed by atoms with Crippen LogP contribution in [-0.4, -0.2) is 31.4 Å². The fraction of sp³-hybridized carbons (Fsp3) is 0.286. The summed E-state index contributed by atoms with van der Waals surface area (Å²) in [7, 11) is 1.57. The van der Waals surface area contributed by atoms with Crippen molar-refractivity contribution in [2.24, 2.45) is 5.92 Å². The largest absolute Gasteiger partial charge is 0.497 e. The highest BCUT2D eigenvalue weighted by atomic mass is 16.5. The molecular formula is C21H23N3O4. The van der Waals surface area contributed by atoms with Crippen molar-refractivity contribution < 1.29 is 19.1 Å². The van der Waals surface area contributed by atoms with Crippen LogP contribution in [0.15, 0.2) is 42.5 Å². The van der Waals surface area contributed by atoms with Gasteiger partial charge in [-0.1, -0.05) is 6.07 Å². The number of carbonyl (C=O) groups is 3. The minimum atomic E-state index is -0.436. The fourth-order valence-corrected chi connectivity index (χ4v) is 3.23. The molecule has 1 aliphatic rings. The van der Waals surface area contributed by atoms with Gasteiger partial charge in [0.2, 0.25) is 17.7 Å². The second-order valence-electron chi connectivity index (χ2n) is 6.81. The van der Waals surface area contributed by atoms with Crippen LogP contribution in [0.5, 0.6) is 5.75 Å². The molecule has 3 rings (SSSR count). The first-order valence-electron chi connectivity index (χ1n) is 9.01. The average Bonchev–Trinajstić information content (AvgIpc) is 3.05. The first kappa shape index (κ1) is 19.4. The van der Waals surface area contributed by atoms with Gasteiger partial charge in [-0.05, 0) is 42.8 Å². The van der Waals surface area contributed by atoms with Crippen LogP contribution in [-0.2, 0) is 14.4 Å². The van der Waals surface area contributed by atoms with Crippen LogP contribution in [0, 0.1) is 12.8 Å². The maximum Gasteiger partial charge on any atom is 0.229 e. The van der Waals surface area contributed by atoms with E-state index in [2.05, 4.69) is 10.6 Å². The van der Waals surface area contributed by atoms with Crippen LogP contribution in [0.25, 0.3) is 0 Å². The average molecular weight is 381 g/mol. The van der Waals surface area contributed by atoms with Gasteiger partial charge in [0.1, 0.15) is 5.75 Å². The lowest BCUT2D eigenvalue weighted by Gasteiger charge is -2.17. The molecule has 1 atom stereocenters. The summed E-state index contributed by atoms with van der Waals surface area (Å²) >= 11 is 0. The molecule has 7 heteroatoms. The van der Waals surface area contributed by atoms with E-state index in [1.165, 1.54) is 6.92 Å². The highest BCUT2D eigenvalue weighted by Gasteiger charge is 2.35. The molecule has 0 aromatic heterocycles. The number of benzene rings is 2. The molecule has 0 aliphatic carbocycles. The van der Waals surface area contributed by atoms with Crippen LogP contribution >= 0.6 is 0 Å². The summed E-state index contributed by atoms with van der Waals surface area (Å²) in [6, 6.07) is 12.5. The number of ether oxygens (including phenoxy) is 1. The number of aryl methyl sites for hydroxylation is 1. The van der Waals surface area contributed by atoms with Crippen LogP contribution in [0.2, 0.25) is 0 Å². The Bertz CT molecular complexity index is 926. The van der Waals surface area contributed by atoms with Crippen molar-refractivity contribution in [2.45, 2.75) is 20.3 Å². The summed E-state index contributed by atoms with van der Waals surface area (Å²) in [5.41, 5.74) is 2.89. The van der Waals surface area contributed by atoms with Crippen molar-refractivity contribution in [3.8, 4) is 5.75 Å². The van der Waals surface area contributed by atoms with Gasteiger partial charge in [-0.25, -0.2) is 0 Å². The predicted octanol–water partition coefficient (Wildman–Crippen LogP) is 2.95. The van der Waals surface area contributed by atoms with Crippen LogP contribution < -0.4 is 20.3 Å². The smallest absolute Gasteiger partial charge is 0.229 e. The topological polar surface area (TPSA) is 87.7 Å². The van der Waals surface area contributed by atoms with E-state index in [0.717, 1.165) is 11.3 Å². The molecule has 2 aromatic carbocycles. The molecule has 3 amide bonds. The second kappa shape index (κ2) is 8.12. The standard InChI is InChI=1S/C21H23N3O4/c1-13-9-16(7-8-19(13)22-14(2)25)23-21(27)15-10-20(26)24(12-15)17-5-4-6-18(11-17)28-3/h4-9,11,15H,10,12H2,1-3H3,(H,22,25)(H,23,27). The van der Waals surface area contributed by atoms with Crippen molar-refractivity contribution in [1.29, 1.82) is 0 Å². The Hall–Kier alpha value is -3.35. The number of carbonyl (C=O) groups excluding carboxylic acids is 3. The van der Waals surface area contributed by atoms with E-state index in [-0.39, 0.29) is 24.1 Å². The molecule has 0 saturated carbocycles. The lowest BCUT2D eigenvalue weighted by Crippen LogP contribution is -2.28. The number of hydrogen-bond donors (Lipinski definition) is 2. The molecule has 1 saturated heterocycles. The van der Waals surface area contributed by atoms with E-state index in [9.17, 15) is 14.4 Å². The highest BCUT2D eigenvalue weighted by molar-refractivity contribution is 6.03. The Morgan fingerprint density at radius 1 is 1.14 bits per heavy atom. The van der Waals surface area contributed by atoms with Crippen LogP contribution in [0.3, 0.4) is 0 Å². The molecular weight excluding hydrogens is 358 g/mol. The van der Waals surface area contributed by atoms with E-state index in [1.54, 1.807) is 42.3 Å². The second-order valence-corrected chi connectivity index (χ2v) is 6.81. The molecule has 28 heavy (non-hydrogen) atoms. The lowest BCUT2D eigenvalue weighted by atomic mass is 10.1. The molecule has 0 bridgehead atoms. The minimum absolute atomic E-state index is 0.0920. The third-order valence-electron chi connectivity index (χ3n) is 4.67. The summed E-state index contributed by atoms with van der Waals surface area (Å²) in [6.45, 7) is 3.62. The molecule has 0 radical (unpaired) electrons. The lowest BCUT2D eigenvalue weighted by molar-refractivity contribution is -0.122. The van der Waals surface area contributed by atoms with Crippen molar-refractivity contribution >= 4 is 34.8 Å². The minimum Gasteiger partial charge on any atom is -0.497 e. The molecule has 0 spiro atoms. The Labute approximate surface area is 163 Å². The van der Waals surface area contributed by atoms with Gasteiger partial charge in [0, 0.05) is 43.0 Å². The van der Waals surface area contributed by atoms with E-state index in [4.69, 9.17) is 4.74 Å². The van der Waals surface area contributed by atoms with E-state index in [0.29, 0.717) is 23.7 Å². The summed E-state index contributed by atoms with van der Waals surface area (Å²) in [6.07, 6.45) is 0.159. The van der Waals surface area contributed by atoms with Gasteiger partial charge in [-0.15, -0.1) is 0 Å². The summed E-state index contributed by atoms with van der Waals surface area (Å²) in [5, 5.41) is 5.60. The van der Waals surface area contributed by atoms with E-state index < -0.39 is 5.92 Å². The van der Waals surface area contributed by atoms with Gasteiger partial charge in [-0.2, -0.15) is 0 Å². The quantitative estimate of drug-likeness (QED) is 0.834. The number of amides is 3. The third-order valence-corrected chi connectivity index (χ3v) is 4.67. The number of anilines is 3. The van der Waals surface area contributed by atoms with Crippen molar-refractivity contribution in [2.75, 3.05) is 29.2 Å². The normalized spacial score (nSPS) is 16.0. The molecule has 1 unspecified atom stereocenters. The van der Waals surface area contributed by atoms with Crippen LogP contribution in [0.1, 0.15) is 18.9 Å². The molecule has 1 fully saturated rings. The van der Waals surface area contributed by atoms with Gasteiger partial charge >= 0.3 is 0 Å². The van der Waals surface area contributed by atoms with E-state index >= 15 is 0 Å². The first-order chi connectivity index (χ1) is 13.4. The predicted molar refractivity (Wildman–Crippen MR) is 108 cm³/mol. The maximum absolute atomic E-state index is 12.6. The summed E-state index contributed by atoms with van der Waals surface area (Å²) < 4.78 is 5.20. The first-order valence-corrected chi connectivity index (χ1v) is 9.01. The van der Waals surface area contributed by atoms with Crippen molar-refractivity contribution in [1.82, 2.24) is 0 Å². The number of rotatable bonds is 5. The number of nitrogens with one attached hydrogen (secondary N) is 2. The van der Waals surface area contributed by atoms with Gasteiger partial charge in [0.25, 0.3) is 0 Å². The van der Waals surface area contributed by atoms with Gasteiger partial charge < -0.3 is 20.3 Å². The van der Waals surface area contributed by atoms with Crippen molar-refractivity contribution in [3.63, 3.8) is 0 Å². The van der Waals surface area contributed by atoms with E-state index in [1.807, 2.05) is 19.1 Å².